The highest BCUT2D eigenvalue weighted by Gasteiger charge is 2.16. The van der Waals surface area contributed by atoms with Crippen molar-refractivity contribution < 1.29 is 19.1 Å². The van der Waals surface area contributed by atoms with E-state index in [2.05, 4.69) is 31.8 Å². The Hall–Kier alpha value is -2.91. The molecule has 2 amide bonds. The second-order valence-electron chi connectivity index (χ2n) is 6.33. The molecule has 3 rings (SSSR count). The smallest absolute Gasteiger partial charge is 0.343 e. The largest absolute Gasteiger partial charge is 0.422 e. The molecule has 0 saturated heterocycles. The number of esters is 1. The third-order valence-electron chi connectivity index (χ3n) is 4.03. The molecule has 168 valence electrons. The molecule has 7 nitrogen and oxygen atoms in total. The molecular weight excluding hydrogens is 557 g/mol. The zero-order valence-corrected chi connectivity index (χ0v) is 20.3. The standard InChI is InChI=1S/C22H13BrCl3N3O4/c23-14-6-9-18(33-22(32)12-4-7-15(24)8-5-12)13(10-14)11-27-29-21(31)20(30)28-17-3-1-2-16(25)19(17)26/h1-11H,(H,28,30)(H,29,31)/b27-11-. The third-order valence-corrected chi connectivity index (χ3v) is 5.59. The highest BCUT2D eigenvalue weighted by Crippen LogP contribution is 2.29. The van der Waals surface area contributed by atoms with Gasteiger partial charge in [0.15, 0.2) is 0 Å². The Morgan fingerprint density at radius 1 is 0.939 bits per heavy atom. The van der Waals surface area contributed by atoms with Gasteiger partial charge in [-0.15, -0.1) is 0 Å². The fourth-order valence-electron chi connectivity index (χ4n) is 2.45. The minimum atomic E-state index is -1.04. The molecule has 0 aromatic heterocycles. The lowest BCUT2D eigenvalue weighted by molar-refractivity contribution is -0.136. The first kappa shape index (κ1) is 24.7. The van der Waals surface area contributed by atoms with Gasteiger partial charge >= 0.3 is 17.8 Å². The summed E-state index contributed by atoms with van der Waals surface area (Å²) >= 11 is 21.0. The van der Waals surface area contributed by atoms with Crippen molar-refractivity contribution in [3.8, 4) is 5.75 Å². The van der Waals surface area contributed by atoms with Gasteiger partial charge in [0.1, 0.15) is 5.75 Å². The number of hydrogen-bond donors (Lipinski definition) is 2. The van der Waals surface area contributed by atoms with Gasteiger partial charge in [-0.25, -0.2) is 10.2 Å². The van der Waals surface area contributed by atoms with Crippen LogP contribution in [-0.2, 0) is 9.59 Å². The van der Waals surface area contributed by atoms with E-state index < -0.39 is 17.8 Å². The Bertz CT molecular complexity index is 1250. The molecule has 0 aliphatic rings. The van der Waals surface area contributed by atoms with Gasteiger partial charge in [0.05, 0.1) is 27.5 Å². The summed E-state index contributed by atoms with van der Waals surface area (Å²) < 4.78 is 6.10. The highest BCUT2D eigenvalue weighted by molar-refractivity contribution is 9.10. The van der Waals surface area contributed by atoms with Gasteiger partial charge in [-0.2, -0.15) is 5.10 Å². The van der Waals surface area contributed by atoms with Crippen molar-refractivity contribution in [2.75, 3.05) is 5.32 Å². The Morgan fingerprint density at radius 3 is 2.39 bits per heavy atom. The Labute approximate surface area is 211 Å². The number of nitrogens with zero attached hydrogens (tertiary/aromatic N) is 1. The van der Waals surface area contributed by atoms with Crippen LogP contribution in [-0.4, -0.2) is 24.0 Å². The zero-order chi connectivity index (χ0) is 24.0. The van der Waals surface area contributed by atoms with Crippen LogP contribution >= 0.6 is 50.7 Å². The molecule has 3 aromatic rings. The van der Waals surface area contributed by atoms with Crippen molar-refractivity contribution in [1.29, 1.82) is 0 Å². The molecular formula is C22H13BrCl3N3O4. The van der Waals surface area contributed by atoms with Crippen LogP contribution in [0, 0.1) is 0 Å². The number of benzene rings is 3. The summed E-state index contributed by atoms with van der Waals surface area (Å²) in [7, 11) is 0. The van der Waals surface area contributed by atoms with E-state index in [0.717, 1.165) is 0 Å². The molecule has 0 radical (unpaired) electrons. The molecule has 0 aliphatic heterocycles. The summed E-state index contributed by atoms with van der Waals surface area (Å²) in [5.41, 5.74) is 2.94. The average molecular weight is 570 g/mol. The molecule has 33 heavy (non-hydrogen) atoms. The third kappa shape index (κ3) is 6.79. The van der Waals surface area contributed by atoms with E-state index in [9.17, 15) is 14.4 Å². The number of nitrogens with one attached hydrogen (secondary N) is 2. The van der Waals surface area contributed by atoms with E-state index in [4.69, 9.17) is 39.5 Å². The van der Waals surface area contributed by atoms with Gasteiger partial charge < -0.3 is 10.1 Å². The number of amides is 2. The second-order valence-corrected chi connectivity index (χ2v) is 8.47. The van der Waals surface area contributed by atoms with Gasteiger partial charge in [-0.05, 0) is 54.6 Å². The van der Waals surface area contributed by atoms with Gasteiger partial charge in [0.2, 0.25) is 0 Å². The molecule has 0 unspecified atom stereocenters. The Kier molecular flexibility index (Phi) is 8.46. The first-order valence-corrected chi connectivity index (χ1v) is 11.0. The van der Waals surface area contributed by atoms with Crippen LogP contribution in [0.1, 0.15) is 15.9 Å². The number of ether oxygens (including phenoxy) is 1. The Morgan fingerprint density at radius 2 is 1.67 bits per heavy atom. The van der Waals surface area contributed by atoms with Gasteiger partial charge in [0, 0.05) is 15.1 Å². The SMILES string of the molecule is O=C(N/N=C\c1cc(Br)ccc1OC(=O)c1ccc(Cl)cc1)C(=O)Nc1cccc(Cl)c1Cl. The maximum absolute atomic E-state index is 12.4. The molecule has 0 saturated carbocycles. The van der Waals surface area contributed by atoms with Crippen LogP contribution in [0.5, 0.6) is 5.75 Å². The number of carbonyl (C=O) groups is 3. The fourth-order valence-corrected chi connectivity index (χ4v) is 3.30. The lowest BCUT2D eigenvalue weighted by Gasteiger charge is -2.08. The van der Waals surface area contributed by atoms with Crippen molar-refractivity contribution in [2.24, 2.45) is 5.10 Å². The van der Waals surface area contributed by atoms with Crippen LogP contribution < -0.4 is 15.5 Å². The molecule has 0 spiro atoms. The number of hydrazone groups is 1. The van der Waals surface area contributed by atoms with Crippen LogP contribution in [0.25, 0.3) is 0 Å². The molecule has 0 aliphatic carbocycles. The van der Waals surface area contributed by atoms with E-state index in [1.54, 1.807) is 42.5 Å². The molecule has 11 heteroatoms. The lowest BCUT2D eigenvalue weighted by atomic mass is 10.2. The van der Waals surface area contributed by atoms with Gasteiger partial charge in [-0.1, -0.05) is 56.8 Å². The maximum Gasteiger partial charge on any atom is 0.343 e. The molecule has 0 atom stereocenters. The predicted octanol–water partition coefficient (Wildman–Crippen LogP) is 5.72. The van der Waals surface area contributed by atoms with Crippen LogP contribution in [0.3, 0.4) is 0 Å². The van der Waals surface area contributed by atoms with Crippen LogP contribution in [0.15, 0.2) is 70.2 Å². The predicted molar refractivity (Wildman–Crippen MR) is 131 cm³/mol. The van der Waals surface area contributed by atoms with Crippen molar-refractivity contribution in [1.82, 2.24) is 5.43 Å². The quantitative estimate of drug-likeness (QED) is 0.135. The number of anilines is 1. The van der Waals surface area contributed by atoms with Crippen molar-refractivity contribution in [2.45, 2.75) is 0 Å². The zero-order valence-electron chi connectivity index (χ0n) is 16.4. The van der Waals surface area contributed by atoms with E-state index >= 15 is 0 Å². The number of halogens is 4. The molecule has 2 N–H and O–H groups in total. The van der Waals surface area contributed by atoms with Gasteiger partial charge in [0.25, 0.3) is 0 Å². The number of hydrogen-bond acceptors (Lipinski definition) is 5. The summed E-state index contributed by atoms with van der Waals surface area (Å²) in [6.45, 7) is 0. The summed E-state index contributed by atoms with van der Waals surface area (Å²) in [6, 6.07) is 15.6. The average Bonchev–Trinajstić information content (AvgIpc) is 2.78. The fraction of sp³-hybridized carbons (Fsp3) is 0. The normalized spacial score (nSPS) is 10.7. The van der Waals surface area contributed by atoms with Crippen LogP contribution in [0.4, 0.5) is 5.69 Å². The van der Waals surface area contributed by atoms with Crippen molar-refractivity contribution in [3.63, 3.8) is 0 Å². The molecule has 0 bridgehead atoms. The second kappa shape index (κ2) is 11.3. The lowest BCUT2D eigenvalue weighted by Crippen LogP contribution is -2.32. The Balaban J connectivity index is 1.67. The molecule has 3 aromatic carbocycles. The first-order valence-electron chi connectivity index (χ1n) is 9.10. The first-order chi connectivity index (χ1) is 15.7. The summed E-state index contributed by atoms with van der Waals surface area (Å²) in [4.78, 5) is 36.5. The minimum Gasteiger partial charge on any atom is -0.422 e. The monoisotopic (exact) mass is 567 g/mol. The number of rotatable bonds is 5. The van der Waals surface area contributed by atoms with E-state index in [-0.39, 0.29) is 21.5 Å². The number of carbonyl (C=O) groups excluding carboxylic acids is 3. The van der Waals surface area contributed by atoms with E-state index in [1.165, 1.54) is 24.4 Å². The summed E-state index contributed by atoms with van der Waals surface area (Å²) in [5.74, 6) is -2.46. The molecule has 0 heterocycles. The summed E-state index contributed by atoms with van der Waals surface area (Å²) in [6.07, 6.45) is 1.23. The van der Waals surface area contributed by atoms with Crippen molar-refractivity contribution in [3.05, 3.63) is 91.3 Å². The molecule has 0 fully saturated rings. The van der Waals surface area contributed by atoms with Crippen molar-refractivity contribution >= 4 is 80.4 Å². The van der Waals surface area contributed by atoms with Crippen LogP contribution in [0.2, 0.25) is 15.1 Å². The highest BCUT2D eigenvalue weighted by atomic mass is 79.9. The topological polar surface area (TPSA) is 96.9 Å². The van der Waals surface area contributed by atoms with E-state index in [1.807, 2.05) is 0 Å². The minimum absolute atomic E-state index is 0.102. The van der Waals surface area contributed by atoms with Gasteiger partial charge in [-0.3, -0.25) is 9.59 Å². The maximum atomic E-state index is 12.4. The van der Waals surface area contributed by atoms with E-state index in [0.29, 0.717) is 20.6 Å². The summed E-state index contributed by atoms with van der Waals surface area (Å²) in [5, 5.41) is 6.92.